The Bertz CT molecular complexity index is 876. The van der Waals surface area contributed by atoms with Crippen molar-refractivity contribution in [2.24, 2.45) is 11.8 Å². The molecule has 6 nitrogen and oxygen atoms in total. The van der Waals surface area contributed by atoms with Crippen LogP contribution >= 0.6 is 0 Å². The van der Waals surface area contributed by atoms with Crippen LogP contribution in [-0.2, 0) is 20.9 Å². The number of likely N-dealkylation sites (tertiary alicyclic amines) is 1. The van der Waals surface area contributed by atoms with Gasteiger partial charge in [-0.3, -0.25) is 14.6 Å². The van der Waals surface area contributed by atoms with E-state index in [1.807, 2.05) is 30.0 Å². The third kappa shape index (κ3) is 3.08. The second-order valence-electron chi connectivity index (χ2n) is 9.47. The summed E-state index contributed by atoms with van der Waals surface area (Å²) in [5.74, 6) is -0.727. The lowest BCUT2D eigenvalue weighted by atomic mass is 9.76. The molecule has 0 aromatic carbocycles. The van der Waals surface area contributed by atoms with Crippen LogP contribution in [0.1, 0.15) is 49.8 Å². The van der Waals surface area contributed by atoms with Gasteiger partial charge < -0.3 is 14.5 Å². The third-order valence-corrected chi connectivity index (χ3v) is 7.56. The number of aromatic nitrogens is 1. The fraction of sp³-hybridized carbons (Fsp3) is 0.625. The predicted molar refractivity (Wildman–Crippen MR) is 112 cm³/mol. The van der Waals surface area contributed by atoms with Gasteiger partial charge in [-0.05, 0) is 31.4 Å². The zero-order valence-electron chi connectivity index (χ0n) is 17.9. The predicted octanol–water partition coefficient (Wildman–Crippen LogP) is 2.85. The minimum Gasteiger partial charge on any atom is -0.360 e. The summed E-state index contributed by atoms with van der Waals surface area (Å²) in [6.45, 7) is 3.05. The van der Waals surface area contributed by atoms with Crippen LogP contribution in [0.15, 0.2) is 30.5 Å². The van der Waals surface area contributed by atoms with E-state index in [-0.39, 0.29) is 17.9 Å². The maximum absolute atomic E-state index is 13.6. The van der Waals surface area contributed by atoms with Crippen LogP contribution in [0, 0.1) is 18.8 Å². The van der Waals surface area contributed by atoms with Crippen LogP contribution in [0.25, 0.3) is 0 Å². The molecule has 0 radical (unpaired) electrons. The Hall–Kier alpha value is -2.21. The topological polar surface area (TPSA) is 62.7 Å². The molecule has 4 heterocycles. The van der Waals surface area contributed by atoms with Crippen LogP contribution in [-0.4, -0.2) is 57.9 Å². The van der Waals surface area contributed by atoms with E-state index in [1.165, 1.54) is 25.7 Å². The molecule has 1 aliphatic carbocycles. The molecule has 160 valence electrons. The second kappa shape index (κ2) is 7.49. The van der Waals surface area contributed by atoms with E-state index >= 15 is 0 Å². The number of carbonyl (C=O) groups is 2. The smallest absolute Gasteiger partial charge is 0.230 e. The van der Waals surface area contributed by atoms with Gasteiger partial charge in [0.2, 0.25) is 11.8 Å². The monoisotopic (exact) mass is 409 g/mol. The van der Waals surface area contributed by atoms with Crippen LogP contribution in [0.2, 0.25) is 0 Å². The normalized spacial score (nSPS) is 33.1. The average molecular weight is 410 g/mol. The van der Waals surface area contributed by atoms with Crippen molar-refractivity contribution in [1.29, 1.82) is 0 Å². The van der Waals surface area contributed by atoms with Gasteiger partial charge >= 0.3 is 0 Å². The molecule has 2 bridgehead atoms. The highest BCUT2D eigenvalue weighted by Gasteiger charge is 2.67. The number of ether oxygens (including phenoxy) is 1. The van der Waals surface area contributed by atoms with E-state index in [0.717, 1.165) is 24.1 Å². The summed E-state index contributed by atoms with van der Waals surface area (Å²) in [6, 6.07) is 4.20. The lowest BCUT2D eigenvalue weighted by Crippen LogP contribution is -2.45. The molecule has 30 heavy (non-hydrogen) atoms. The van der Waals surface area contributed by atoms with Crippen LogP contribution < -0.4 is 0 Å². The molecular formula is C24H31N3O3. The van der Waals surface area contributed by atoms with Gasteiger partial charge in [0.1, 0.15) is 5.60 Å². The number of hydrogen-bond acceptors (Lipinski definition) is 4. The maximum Gasteiger partial charge on any atom is 0.230 e. The molecule has 5 rings (SSSR count). The zero-order valence-corrected chi connectivity index (χ0v) is 17.9. The summed E-state index contributed by atoms with van der Waals surface area (Å²) in [5.41, 5.74) is 1.34. The van der Waals surface area contributed by atoms with Gasteiger partial charge in [0.05, 0.1) is 36.7 Å². The number of fused-ring (bicyclic) bond motifs is 1. The molecule has 4 atom stereocenters. The summed E-state index contributed by atoms with van der Waals surface area (Å²) in [6.07, 6.45) is 12.5. The standard InChI is InChI=1S/C24H31N3O3/c1-16-8-7-13-25-18(16)14-26(2)22(28)20-19-11-12-24(30-19)15-27(23(29)21(20)24)17-9-5-3-4-6-10-17/h7-8,11-13,17,19-21H,3-6,9-10,14-15H2,1-2H3/t19-,20?,21?,24-/m1/s1. The van der Waals surface area contributed by atoms with Crippen molar-refractivity contribution in [3.8, 4) is 0 Å². The van der Waals surface area contributed by atoms with Gasteiger partial charge in [-0.25, -0.2) is 0 Å². The highest BCUT2D eigenvalue weighted by atomic mass is 16.5. The summed E-state index contributed by atoms with van der Waals surface area (Å²) >= 11 is 0. The van der Waals surface area contributed by atoms with E-state index in [9.17, 15) is 9.59 Å². The number of hydrogen-bond donors (Lipinski definition) is 0. The SMILES string of the molecule is Cc1cccnc1CN(C)C(=O)C1C2C(=O)N(C3CCCCCC3)C[C@]23C=C[C@H]1O3. The van der Waals surface area contributed by atoms with Crippen molar-refractivity contribution in [1.82, 2.24) is 14.8 Å². The second-order valence-corrected chi connectivity index (χ2v) is 9.47. The summed E-state index contributed by atoms with van der Waals surface area (Å²) in [5, 5.41) is 0. The minimum atomic E-state index is -0.615. The summed E-state index contributed by atoms with van der Waals surface area (Å²) in [4.78, 5) is 35.2. The van der Waals surface area contributed by atoms with Gasteiger partial charge in [-0.2, -0.15) is 0 Å². The Morgan fingerprint density at radius 2 is 2.07 bits per heavy atom. The van der Waals surface area contributed by atoms with E-state index in [4.69, 9.17) is 4.74 Å². The fourth-order valence-corrected chi connectivity index (χ4v) is 5.93. The van der Waals surface area contributed by atoms with Gasteiger partial charge in [0.15, 0.2) is 0 Å². The Morgan fingerprint density at radius 3 is 2.80 bits per heavy atom. The molecule has 2 saturated heterocycles. The fourth-order valence-electron chi connectivity index (χ4n) is 5.93. The van der Waals surface area contributed by atoms with E-state index in [2.05, 4.69) is 11.1 Å². The molecular weight excluding hydrogens is 378 g/mol. The molecule has 2 amide bonds. The first kappa shape index (κ1) is 19.7. The Morgan fingerprint density at radius 1 is 1.30 bits per heavy atom. The van der Waals surface area contributed by atoms with E-state index in [1.54, 1.807) is 18.1 Å². The molecule has 2 unspecified atom stereocenters. The number of pyridine rings is 1. The van der Waals surface area contributed by atoms with E-state index < -0.39 is 17.4 Å². The van der Waals surface area contributed by atoms with Crippen LogP contribution in [0.3, 0.4) is 0 Å². The molecule has 0 N–H and O–H groups in total. The van der Waals surface area contributed by atoms with Crippen LogP contribution in [0.4, 0.5) is 0 Å². The van der Waals surface area contributed by atoms with Gasteiger partial charge in [0.25, 0.3) is 0 Å². The van der Waals surface area contributed by atoms with Gasteiger partial charge in [-0.1, -0.05) is 43.9 Å². The molecule has 3 fully saturated rings. The quantitative estimate of drug-likeness (QED) is 0.567. The first-order chi connectivity index (χ1) is 14.5. The molecule has 3 aliphatic heterocycles. The number of nitrogens with zero attached hydrogens (tertiary/aromatic N) is 3. The first-order valence-electron chi connectivity index (χ1n) is 11.3. The molecule has 6 heteroatoms. The highest BCUT2D eigenvalue weighted by molar-refractivity contribution is 5.93. The Balaban J connectivity index is 1.36. The number of amides is 2. The van der Waals surface area contributed by atoms with Crippen LogP contribution in [0.5, 0.6) is 0 Å². The Kier molecular flexibility index (Phi) is 4.92. The van der Waals surface area contributed by atoms with Crippen molar-refractivity contribution in [2.75, 3.05) is 13.6 Å². The maximum atomic E-state index is 13.6. The average Bonchev–Trinajstić information content (AvgIpc) is 3.29. The Labute approximate surface area is 178 Å². The third-order valence-electron chi connectivity index (χ3n) is 7.56. The van der Waals surface area contributed by atoms with Gasteiger partial charge in [-0.15, -0.1) is 0 Å². The van der Waals surface area contributed by atoms with Crippen molar-refractivity contribution < 1.29 is 14.3 Å². The highest BCUT2D eigenvalue weighted by Crippen LogP contribution is 2.53. The summed E-state index contributed by atoms with van der Waals surface area (Å²) < 4.78 is 6.33. The molecule has 1 aromatic rings. The van der Waals surface area contributed by atoms with Gasteiger partial charge in [0, 0.05) is 19.3 Å². The molecule has 1 spiro atoms. The molecule has 4 aliphatic rings. The van der Waals surface area contributed by atoms with Crippen molar-refractivity contribution in [3.63, 3.8) is 0 Å². The van der Waals surface area contributed by atoms with Crippen molar-refractivity contribution in [2.45, 2.75) is 69.7 Å². The lowest BCUT2D eigenvalue weighted by Gasteiger charge is -2.30. The number of rotatable bonds is 4. The number of carbonyl (C=O) groups excluding carboxylic acids is 2. The molecule has 1 saturated carbocycles. The zero-order chi connectivity index (χ0) is 20.9. The molecule has 1 aromatic heterocycles. The number of aryl methyl sites for hydroxylation is 1. The minimum absolute atomic E-state index is 0.0163. The first-order valence-corrected chi connectivity index (χ1v) is 11.3. The van der Waals surface area contributed by atoms with E-state index in [0.29, 0.717) is 19.1 Å². The lowest BCUT2D eigenvalue weighted by molar-refractivity contribution is -0.143. The summed E-state index contributed by atoms with van der Waals surface area (Å²) in [7, 11) is 1.81. The van der Waals surface area contributed by atoms with Crippen molar-refractivity contribution in [3.05, 3.63) is 41.7 Å². The largest absolute Gasteiger partial charge is 0.360 e. The van der Waals surface area contributed by atoms with Crippen molar-refractivity contribution >= 4 is 11.8 Å².